The van der Waals surface area contributed by atoms with Gasteiger partial charge in [0.15, 0.2) is 23.0 Å². The number of carbonyl (C=O) groups excluding carboxylic acids is 6. The molecule has 2 aromatic carbocycles. The van der Waals surface area contributed by atoms with Crippen molar-refractivity contribution in [1.29, 1.82) is 0 Å². The Kier molecular flexibility index (Phi) is 7.90. The van der Waals surface area contributed by atoms with E-state index >= 15 is 0 Å². The monoisotopic (exact) mass is 476 g/mol. The highest BCUT2D eigenvalue weighted by molar-refractivity contribution is 6.07. The predicted molar refractivity (Wildman–Crippen MR) is 112 cm³/mol. The van der Waals surface area contributed by atoms with Gasteiger partial charge in [0.05, 0.1) is 5.39 Å². The van der Waals surface area contributed by atoms with E-state index in [1.807, 2.05) is 0 Å². The quantitative estimate of drug-likeness (QED) is 0.443. The smallest absolute Gasteiger partial charge is 0.308 e. The van der Waals surface area contributed by atoms with Crippen LogP contribution in [0.3, 0.4) is 0 Å². The predicted octanol–water partition coefficient (Wildman–Crippen LogP) is 2.39. The standard InChI is InChI=1S/C22H20O12/c1-9(23)29-16-8-7-15-17(19(16)31-11(3)25)20(32-12(4)26)22(34-14(6)28)21(33-13(5)27)18(15)30-10(2)24/h7-8H,1-6H3. The van der Waals surface area contributed by atoms with Crippen LogP contribution in [0.15, 0.2) is 12.1 Å². The molecule has 0 saturated heterocycles. The van der Waals surface area contributed by atoms with Gasteiger partial charge in [-0.15, -0.1) is 0 Å². The topological polar surface area (TPSA) is 158 Å². The Morgan fingerprint density at radius 1 is 0.441 bits per heavy atom. The Balaban J connectivity index is 3.23. The van der Waals surface area contributed by atoms with E-state index in [0.717, 1.165) is 41.5 Å². The highest BCUT2D eigenvalue weighted by Crippen LogP contribution is 2.56. The largest absolute Gasteiger partial charge is 0.423 e. The van der Waals surface area contributed by atoms with E-state index in [4.69, 9.17) is 28.4 Å². The summed E-state index contributed by atoms with van der Waals surface area (Å²) in [4.78, 5) is 70.9. The molecule has 12 heteroatoms. The first-order chi connectivity index (χ1) is 15.8. The summed E-state index contributed by atoms with van der Waals surface area (Å²) < 4.78 is 31.1. The maximum Gasteiger partial charge on any atom is 0.308 e. The summed E-state index contributed by atoms with van der Waals surface area (Å²) in [6, 6.07) is 2.46. The molecule has 12 nitrogen and oxygen atoms in total. The molecule has 0 radical (unpaired) electrons. The second-order valence-electron chi connectivity index (χ2n) is 6.69. The molecular weight excluding hydrogens is 456 g/mol. The lowest BCUT2D eigenvalue weighted by Crippen LogP contribution is -2.14. The zero-order chi connectivity index (χ0) is 25.7. The molecule has 0 fully saturated rings. The molecule has 0 bridgehead atoms. The van der Waals surface area contributed by atoms with E-state index < -0.39 is 64.6 Å². The van der Waals surface area contributed by atoms with E-state index in [2.05, 4.69) is 0 Å². The molecule has 0 saturated carbocycles. The molecule has 0 aliphatic carbocycles. The average molecular weight is 476 g/mol. The minimum atomic E-state index is -0.930. The van der Waals surface area contributed by atoms with E-state index in [1.54, 1.807) is 0 Å². The zero-order valence-electron chi connectivity index (χ0n) is 19.1. The van der Waals surface area contributed by atoms with Crippen LogP contribution in [0.1, 0.15) is 41.5 Å². The minimum absolute atomic E-state index is 0.0780. The van der Waals surface area contributed by atoms with Crippen LogP contribution in [-0.4, -0.2) is 35.8 Å². The normalized spacial score (nSPS) is 10.2. The van der Waals surface area contributed by atoms with Crippen molar-refractivity contribution in [2.45, 2.75) is 41.5 Å². The fourth-order valence-corrected chi connectivity index (χ4v) is 2.86. The van der Waals surface area contributed by atoms with Gasteiger partial charge in [0, 0.05) is 46.9 Å². The van der Waals surface area contributed by atoms with Gasteiger partial charge in [-0.25, -0.2) is 0 Å². The molecule has 0 N–H and O–H groups in total. The number of fused-ring (bicyclic) bond motifs is 1. The number of benzene rings is 2. The van der Waals surface area contributed by atoms with Crippen LogP contribution in [-0.2, 0) is 28.8 Å². The Hall–Kier alpha value is -4.48. The Morgan fingerprint density at radius 2 is 0.794 bits per heavy atom. The van der Waals surface area contributed by atoms with Gasteiger partial charge in [-0.1, -0.05) is 0 Å². The van der Waals surface area contributed by atoms with E-state index in [9.17, 15) is 28.8 Å². The van der Waals surface area contributed by atoms with Crippen molar-refractivity contribution in [1.82, 2.24) is 0 Å². The molecule has 0 aliphatic rings. The Labute approximate surface area is 192 Å². The second-order valence-corrected chi connectivity index (χ2v) is 6.69. The van der Waals surface area contributed by atoms with Crippen molar-refractivity contribution in [2.24, 2.45) is 0 Å². The van der Waals surface area contributed by atoms with Gasteiger partial charge in [0.1, 0.15) is 0 Å². The Morgan fingerprint density at radius 3 is 1.24 bits per heavy atom. The summed E-state index contributed by atoms with van der Waals surface area (Å²) in [6.07, 6.45) is 0. The van der Waals surface area contributed by atoms with Crippen LogP contribution in [0.25, 0.3) is 10.8 Å². The lowest BCUT2D eigenvalue weighted by Gasteiger charge is -2.21. The highest BCUT2D eigenvalue weighted by atomic mass is 16.6. The van der Waals surface area contributed by atoms with Crippen LogP contribution in [0, 0.1) is 0 Å². The van der Waals surface area contributed by atoms with Crippen molar-refractivity contribution in [3.63, 3.8) is 0 Å². The molecule has 0 heterocycles. The third-order valence-corrected chi connectivity index (χ3v) is 3.69. The third-order valence-electron chi connectivity index (χ3n) is 3.69. The highest BCUT2D eigenvalue weighted by Gasteiger charge is 2.32. The first-order valence-corrected chi connectivity index (χ1v) is 9.58. The maximum absolute atomic E-state index is 11.9. The first-order valence-electron chi connectivity index (χ1n) is 9.58. The summed E-state index contributed by atoms with van der Waals surface area (Å²) in [5, 5.41) is -0.335. The second kappa shape index (κ2) is 10.4. The van der Waals surface area contributed by atoms with Gasteiger partial charge in [-0.3, -0.25) is 28.8 Å². The molecule has 180 valence electrons. The number of hydrogen-bond acceptors (Lipinski definition) is 12. The van der Waals surface area contributed by atoms with Crippen LogP contribution < -0.4 is 28.4 Å². The van der Waals surface area contributed by atoms with Crippen molar-refractivity contribution < 1.29 is 57.2 Å². The summed E-state index contributed by atoms with van der Waals surface area (Å²) >= 11 is 0. The SMILES string of the molecule is CC(=O)Oc1ccc2c(OC(C)=O)c(OC(C)=O)c(OC(C)=O)c(OC(C)=O)c2c1OC(C)=O. The van der Waals surface area contributed by atoms with Crippen LogP contribution in [0.2, 0.25) is 0 Å². The van der Waals surface area contributed by atoms with Crippen molar-refractivity contribution in [3.05, 3.63) is 12.1 Å². The van der Waals surface area contributed by atoms with Crippen molar-refractivity contribution in [3.8, 4) is 34.5 Å². The fraction of sp³-hybridized carbons (Fsp3) is 0.273. The summed E-state index contributed by atoms with van der Waals surface area (Å²) in [6.45, 7) is 6.25. The Bertz CT molecular complexity index is 1210. The maximum atomic E-state index is 11.9. The third kappa shape index (κ3) is 6.06. The van der Waals surface area contributed by atoms with E-state index in [0.29, 0.717) is 0 Å². The molecule has 0 spiro atoms. The molecule has 0 aromatic heterocycles. The van der Waals surface area contributed by atoms with E-state index in [-0.39, 0.29) is 16.5 Å². The number of hydrogen-bond donors (Lipinski definition) is 0. The molecule has 2 rings (SSSR count). The summed E-state index contributed by atoms with van der Waals surface area (Å²) in [7, 11) is 0. The lowest BCUT2D eigenvalue weighted by atomic mass is 10.0. The number of esters is 6. The molecule has 0 amide bonds. The molecule has 0 aliphatic heterocycles. The van der Waals surface area contributed by atoms with Crippen molar-refractivity contribution in [2.75, 3.05) is 0 Å². The van der Waals surface area contributed by atoms with Gasteiger partial charge in [-0.05, 0) is 12.1 Å². The van der Waals surface area contributed by atoms with Gasteiger partial charge < -0.3 is 28.4 Å². The number of rotatable bonds is 6. The molecule has 0 unspecified atom stereocenters. The number of carbonyl (C=O) groups is 6. The fourth-order valence-electron chi connectivity index (χ4n) is 2.86. The summed E-state index contributed by atoms with van der Waals surface area (Å²) in [5.74, 6) is -8.07. The van der Waals surface area contributed by atoms with Crippen LogP contribution >= 0.6 is 0 Å². The van der Waals surface area contributed by atoms with Gasteiger partial charge >= 0.3 is 35.8 Å². The zero-order valence-corrected chi connectivity index (χ0v) is 19.1. The molecule has 2 aromatic rings. The van der Waals surface area contributed by atoms with Crippen LogP contribution in [0.4, 0.5) is 0 Å². The first kappa shape index (κ1) is 25.8. The van der Waals surface area contributed by atoms with Gasteiger partial charge in [0.2, 0.25) is 11.5 Å². The molecule has 34 heavy (non-hydrogen) atoms. The number of ether oxygens (including phenoxy) is 6. The average Bonchev–Trinajstić information content (AvgIpc) is 2.66. The van der Waals surface area contributed by atoms with Gasteiger partial charge in [0.25, 0.3) is 0 Å². The lowest BCUT2D eigenvalue weighted by molar-refractivity contribution is -0.136. The van der Waals surface area contributed by atoms with Crippen molar-refractivity contribution >= 4 is 46.6 Å². The van der Waals surface area contributed by atoms with Crippen LogP contribution in [0.5, 0.6) is 34.5 Å². The molecule has 0 atom stereocenters. The summed E-state index contributed by atoms with van der Waals surface area (Å²) in [5.41, 5.74) is 0. The molecular formula is C22H20O12. The van der Waals surface area contributed by atoms with E-state index in [1.165, 1.54) is 12.1 Å². The minimum Gasteiger partial charge on any atom is -0.423 e. The van der Waals surface area contributed by atoms with Gasteiger partial charge in [-0.2, -0.15) is 0 Å².